The van der Waals surface area contributed by atoms with Gasteiger partial charge in [0.15, 0.2) is 23.9 Å². The maximum Gasteiger partial charge on any atom is 0.282 e. The van der Waals surface area contributed by atoms with Gasteiger partial charge >= 0.3 is 0 Å². The molecule has 1 amide bonds. The summed E-state index contributed by atoms with van der Waals surface area (Å²) in [7, 11) is 2.92. The van der Waals surface area contributed by atoms with E-state index in [2.05, 4.69) is 10.4 Å². The summed E-state index contributed by atoms with van der Waals surface area (Å²) in [6, 6.07) is 24.0. The van der Waals surface area contributed by atoms with E-state index in [0.29, 0.717) is 43.5 Å². The maximum atomic E-state index is 13.6. The number of benzene rings is 4. The van der Waals surface area contributed by atoms with Crippen LogP contribution in [-0.4, -0.2) is 42.6 Å². The Balaban J connectivity index is 1.33. The van der Waals surface area contributed by atoms with Crippen LogP contribution in [0.5, 0.6) is 17.2 Å². The van der Waals surface area contributed by atoms with E-state index >= 15 is 0 Å². The van der Waals surface area contributed by atoms with Gasteiger partial charge in [-0.2, -0.15) is 9.78 Å². The average Bonchev–Trinajstić information content (AvgIpc) is 3.47. The Labute approximate surface area is 266 Å². The molecule has 0 aliphatic carbocycles. The summed E-state index contributed by atoms with van der Waals surface area (Å²) < 4.78 is 24.1. The smallest absolute Gasteiger partial charge is 0.282 e. The number of aromatic nitrogens is 2. The maximum absolute atomic E-state index is 13.6. The zero-order chi connectivity index (χ0) is 31.5. The minimum absolute atomic E-state index is 0.202. The summed E-state index contributed by atoms with van der Waals surface area (Å²) in [5.74, 6) is 0.933. The van der Waals surface area contributed by atoms with Gasteiger partial charge in [-0.15, -0.1) is 0 Å². The molecule has 4 aromatic carbocycles. The first kappa shape index (κ1) is 29.7. The Kier molecular flexibility index (Phi) is 8.41. The average molecular weight is 643 g/mol. The number of nitrogens with zero attached hydrogens (tertiary/aromatic N) is 3. The number of carbonyl (C=O) groups excluding carboxylic acids is 1. The van der Waals surface area contributed by atoms with Crippen molar-refractivity contribution in [2.75, 3.05) is 26.1 Å². The third kappa shape index (κ3) is 6.33. The molecule has 0 saturated carbocycles. The number of amides is 1. The predicted octanol–water partition coefficient (Wildman–Crippen LogP) is 7.03. The van der Waals surface area contributed by atoms with Crippen molar-refractivity contribution in [1.82, 2.24) is 9.66 Å². The van der Waals surface area contributed by atoms with E-state index in [1.165, 1.54) is 25.1 Å². The molecular weight excluding hydrogens is 619 g/mol. The number of carbonyl (C=O) groups is 1. The van der Waals surface area contributed by atoms with E-state index in [4.69, 9.17) is 46.8 Å². The van der Waals surface area contributed by atoms with Gasteiger partial charge in [-0.3, -0.25) is 9.59 Å². The number of ether oxygens (including phenoxy) is 3. The Morgan fingerprint density at radius 2 is 1.67 bits per heavy atom. The summed E-state index contributed by atoms with van der Waals surface area (Å²) in [4.78, 5) is 30.9. The normalized spacial score (nSPS) is 11.3. The van der Waals surface area contributed by atoms with Gasteiger partial charge in [0, 0.05) is 26.7 Å². The van der Waals surface area contributed by atoms with Crippen LogP contribution in [0, 0.1) is 0 Å². The van der Waals surface area contributed by atoms with Gasteiger partial charge in [-0.25, -0.2) is 4.98 Å². The SMILES string of the molecule is COc1cc(C=Nn2c(-c3cc4cc(Cl)ccc4o3)nc3ccccc3c2=O)cc(OC)c1OCC(=O)Nc1ccc(Cl)cc1. The zero-order valence-corrected chi connectivity index (χ0v) is 25.4. The van der Waals surface area contributed by atoms with Crippen molar-refractivity contribution in [2.45, 2.75) is 0 Å². The van der Waals surface area contributed by atoms with Gasteiger partial charge in [0.05, 0.1) is 31.3 Å². The highest BCUT2D eigenvalue weighted by molar-refractivity contribution is 6.31. The van der Waals surface area contributed by atoms with E-state index in [0.717, 1.165) is 5.39 Å². The van der Waals surface area contributed by atoms with Crippen LogP contribution in [0.15, 0.2) is 99.2 Å². The number of anilines is 1. The van der Waals surface area contributed by atoms with Crippen molar-refractivity contribution in [3.63, 3.8) is 0 Å². The molecule has 2 aromatic heterocycles. The molecule has 0 fully saturated rings. The van der Waals surface area contributed by atoms with Crippen LogP contribution in [0.4, 0.5) is 5.69 Å². The third-order valence-electron chi connectivity index (χ3n) is 6.73. The highest BCUT2D eigenvalue weighted by Crippen LogP contribution is 2.38. The Morgan fingerprint density at radius 3 is 2.40 bits per heavy atom. The van der Waals surface area contributed by atoms with Crippen molar-refractivity contribution in [3.05, 3.63) is 111 Å². The minimum Gasteiger partial charge on any atom is -0.493 e. The molecule has 45 heavy (non-hydrogen) atoms. The van der Waals surface area contributed by atoms with Gasteiger partial charge in [0.1, 0.15) is 5.58 Å². The summed E-state index contributed by atoms with van der Waals surface area (Å²) in [6.45, 7) is -0.312. The quantitative estimate of drug-likeness (QED) is 0.168. The van der Waals surface area contributed by atoms with Crippen LogP contribution in [0.25, 0.3) is 33.5 Å². The zero-order valence-electron chi connectivity index (χ0n) is 23.9. The van der Waals surface area contributed by atoms with E-state index in [-0.39, 0.29) is 29.7 Å². The highest BCUT2D eigenvalue weighted by atomic mass is 35.5. The van der Waals surface area contributed by atoms with Crippen molar-refractivity contribution in [3.8, 4) is 28.8 Å². The molecule has 0 radical (unpaired) electrons. The van der Waals surface area contributed by atoms with Gasteiger partial charge in [0.2, 0.25) is 11.6 Å². The number of halogens is 2. The Morgan fingerprint density at radius 1 is 0.956 bits per heavy atom. The number of fused-ring (bicyclic) bond motifs is 2. The van der Waals surface area contributed by atoms with Crippen LogP contribution in [0.1, 0.15) is 5.56 Å². The van der Waals surface area contributed by atoms with E-state index in [9.17, 15) is 9.59 Å². The van der Waals surface area contributed by atoms with E-state index in [1.807, 2.05) is 0 Å². The largest absolute Gasteiger partial charge is 0.493 e. The van der Waals surface area contributed by atoms with Crippen LogP contribution in [0.2, 0.25) is 10.0 Å². The molecular formula is C33H24Cl2N4O6. The first-order chi connectivity index (χ1) is 21.8. The molecule has 6 aromatic rings. The van der Waals surface area contributed by atoms with Crippen molar-refractivity contribution in [2.24, 2.45) is 5.10 Å². The highest BCUT2D eigenvalue weighted by Gasteiger charge is 2.18. The molecule has 0 spiro atoms. The molecule has 2 heterocycles. The second kappa shape index (κ2) is 12.7. The van der Waals surface area contributed by atoms with Crippen LogP contribution in [0.3, 0.4) is 0 Å². The second-order valence-electron chi connectivity index (χ2n) is 9.71. The van der Waals surface area contributed by atoms with E-state index < -0.39 is 11.5 Å². The molecule has 12 heteroatoms. The summed E-state index contributed by atoms with van der Waals surface area (Å²) in [6.07, 6.45) is 1.46. The molecule has 1 N–H and O–H groups in total. The van der Waals surface area contributed by atoms with Gasteiger partial charge < -0.3 is 23.9 Å². The number of furan rings is 1. The fraction of sp³-hybridized carbons (Fsp3) is 0.0909. The molecule has 0 aliphatic heterocycles. The molecule has 6 rings (SSSR count). The lowest BCUT2D eigenvalue weighted by Gasteiger charge is -2.15. The van der Waals surface area contributed by atoms with Gasteiger partial charge in [-0.05, 0) is 72.8 Å². The third-order valence-corrected chi connectivity index (χ3v) is 7.22. The number of para-hydroxylation sites is 1. The first-order valence-corrected chi connectivity index (χ1v) is 14.3. The second-order valence-corrected chi connectivity index (χ2v) is 10.6. The number of hydrogen-bond acceptors (Lipinski definition) is 8. The molecule has 0 aliphatic rings. The summed E-state index contributed by atoms with van der Waals surface area (Å²) in [5.41, 5.74) is 1.77. The molecule has 0 atom stereocenters. The fourth-order valence-electron chi connectivity index (χ4n) is 4.62. The first-order valence-electron chi connectivity index (χ1n) is 13.5. The van der Waals surface area contributed by atoms with Crippen molar-refractivity contribution < 1.29 is 23.4 Å². The molecule has 0 unspecified atom stereocenters. The van der Waals surface area contributed by atoms with Crippen LogP contribution < -0.4 is 25.1 Å². The van der Waals surface area contributed by atoms with Crippen LogP contribution in [-0.2, 0) is 4.79 Å². The summed E-state index contributed by atoms with van der Waals surface area (Å²) >= 11 is 12.1. The lowest BCUT2D eigenvalue weighted by Crippen LogP contribution is -2.20. The number of hydrogen-bond donors (Lipinski definition) is 1. The molecule has 0 saturated heterocycles. The van der Waals surface area contributed by atoms with E-state index in [1.54, 1.807) is 84.9 Å². The van der Waals surface area contributed by atoms with Crippen LogP contribution >= 0.6 is 23.2 Å². The predicted molar refractivity (Wildman–Crippen MR) is 174 cm³/mol. The number of methoxy groups -OCH3 is 2. The standard InChI is InChI=1S/C33H24Cl2N4O6/c1-42-27-13-19(14-28(43-2)31(27)44-18-30(40)37-23-10-7-21(34)8-11-23)17-36-39-32(38-25-6-4-3-5-24(25)33(39)41)29-16-20-15-22(35)9-12-26(20)45-29/h3-17H,18H2,1-2H3,(H,37,40). The number of rotatable bonds is 9. The summed E-state index contributed by atoms with van der Waals surface area (Å²) in [5, 5.41) is 9.48. The minimum atomic E-state index is -0.393. The van der Waals surface area contributed by atoms with Gasteiger partial charge in [0.25, 0.3) is 11.5 Å². The lowest BCUT2D eigenvalue weighted by atomic mass is 10.2. The van der Waals surface area contributed by atoms with Gasteiger partial charge in [-0.1, -0.05) is 35.3 Å². The fourth-order valence-corrected chi connectivity index (χ4v) is 4.93. The lowest BCUT2D eigenvalue weighted by molar-refractivity contribution is -0.118. The Hall–Kier alpha value is -5.32. The van der Waals surface area contributed by atoms with Crippen molar-refractivity contribution >= 4 is 62.9 Å². The van der Waals surface area contributed by atoms with Crippen molar-refractivity contribution in [1.29, 1.82) is 0 Å². The monoisotopic (exact) mass is 642 g/mol. The number of nitrogens with one attached hydrogen (secondary N) is 1. The Bertz CT molecular complexity index is 2120. The topological polar surface area (TPSA) is 117 Å². The molecule has 10 nitrogen and oxygen atoms in total. The molecule has 0 bridgehead atoms. The molecule has 226 valence electrons.